The zero-order valence-corrected chi connectivity index (χ0v) is 13.0. The van der Waals surface area contributed by atoms with E-state index in [1.165, 1.54) is 38.8 Å². The Morgan fingerprint density at radius 3 is 2.16 bits per heavy atom. The van der Waals surface area contributed by atoms with E-state index < -0.39 is 0 Å². The fraction of sp³-hybridized carbons (Fsp3) is 1.00. The maximum Gasteiger partial charge on any atom is 0.0469 e. The molecule has 3 heteroatoms. The molecule has 0 aromatic heterocycles. The van der Waals surface area contributed by atoms with Crippen molar-refractivity contribution in [1.82, 2.24) is 4.90 Å². The van der Waals surface area contributed by atoms with E-state index in [0.717, 1.165) is 31.6 Å². The number of ether oxygens (including phenoxy) is 1. The molecular formula is C16H32N2O. The summed E-state index contributed by atoms with van der Waals surface area (Å²) < 4.78 is 5.48. The van der Waals surface area contributed by atoms with Crippen molar-refractivity contribution < 1.29 is 4.74 Å². The largest absolute Gasteiger partial charge is 0.381 e. The third kappa shape index (κ3) is 3.93. The normalized spacial score (nSPS) is 26.5. The summed E-state index contributed by atoms with van der Waals surface area (Å²) >= 11 is 0. The van der Waals surface area contributed by atoms with Crippen molar-refractivity contribution >= 4 is 0 Å². The van der Waals surface area contributed by atoms with Crippen LogP contribution >= 0.6 is 0 Å². The van der Waals surface area contributed by atoms with E-state index in [-0.39, 0.29) is 0 Å². The molecular weight excluding hydrogens is 236 g/mol. The molecule has 2 fully saturated rings. The first-order valence-corrected chi connectivity index (χ1v) is 8.04. The minimum Gasteiger partial charge on any atom is -0.381 e. The summed E-state index contributed by atoms with van der Waals surface area (Å²) in [6, 6.07) is 0.588. The molecule has 1 atom stereocenters. The molecule has 2 N–H and O–H groups in total. The number of rotatable bonds is 3. The molecule has 2 heterocycles. The molecule has 2 rings (SSSR count). The van der Waals surface area contributed by atoms with Crippen molar-refractivity contribution in [3.05, 3.63) is 0 Å². The molecule has 2 aliphatic heterocycles. The van der Waals surface area contributed by atoms with E-state index in [2.05, 4.69) is 25.7 Å². The van der Waals surface area contributed by atoms with E-state index in [0.29, 0.717) is 11.5 Å². The number of likely N-dealkylation sites (tertiary alicyclic amines) is 1. The van der Waals surface area contributed by atoms with E-state index in [4.69, 9.17) is 10.5 Å². The van der Waals surface area contributed by atoms with Crippen molar-refractivity contribution in [1.29, 1.82) is 0 Å². The Morgan fingerprint density at radius 2 is 1.68 bits per heavy atom. The molecule has 0 amide bonds. The van der Waals surface area contributed by atoms with Gasteiger partial charge in [0.2, 0.25) is 0 Å². The zero-order valence-electron chi connectivity index (χ0n) is 13.0. The second-order valence-electron chi connectivity index (χ2n) is 7.43. The third-order valence-corrected chi connectivity index (χ3v) is 5.27. The SMILES string of the molecule is CC(C)(C)C1CCN(C(CN)C2CCOCC2)CC1. The van der Waals surface area contributed by atoms with Gasteiger partial charge in [0.1, 0.15) is 0 Å². The molecule has 0 aromatic carbocycles. The van der Waals surface area contributed by atoms with Gasteiger partial charge in [-0.15, -0.1) is 0 Å². The number of nitrogens with two attached hydrogens (primary N) is 1. The minimum absolute atomic E-state index is 0.461. The molecule has 0 spiro atoms. The van der Waals surface area contributed by atoms with Crippen LogP contribution in [0.25, 0.3) is 0 Å². The fourth-order valence-corrected chi connectivity index (χ4v) is 3.84. The molecule has 19 heavy (non-hydrogen) atoms. The third-order valence-electron chi connectivity index (χ3n) is 5.27. The van der Waals surface area contributed by atoms with Crippen molar-refractivity contribution in [2.75, 3.05) is 32.8 Å². The predicted octanol–water partition coefficient (Wildman–Crippen LogP) is 2.50. The molecule has 0 radical (unpaired) electrons. The van der Waals surface area contributed by atoms with Crippen LogP contribution in [0.2, 0.25) is 0 Å². The van der Waals surface area contributed by atoms with Gasteiger partial charge in [0.15, 0.2) is 0 Å². The van der Waals surface area contributed by atoms with Gasteiger partial charge in [-0.3, -0.25) is 4.90 Å². The fourth-order valence-electron chi connectivity index (χ4n) is 3.84. The summed E-state index contributed by atoms with van der Waals surface area (Å²) in [4.78, 5) is 2.66. The molecule has 1 unspecified atom stereocenters. The first kappa shape index (κ1) is 15.3. The predicted molar refractivity (Wildman–Crippen MR) is 80.1 cm³/mol. The summed E-state index contributed by atoms with van der Waals surface area (Å²) in [5.74, 6) is 1.63. The van der Waals surface area contributed by atoms with Crippen LogP contribution in [0, 0.1) is 17.3 Å². The maximum absolute atomic E-state index is 6.07. The zero-order chi connectivity index (χ0) is 13.9. The lowest BCUT2D eigenvalue weighted by Crippen LogP contribution is -2.51. The van der Waals surface area contributed by atoms with Crippen LogP contribution in [0.5, 0.6) is 0 Å². The van der Waals surface area contributed by atoms with Gasteiger partial charge >= 0.3 is 0 Å². The molecule has 0 bridgehead atoms. The van der Waals surface area contributed by atoms with Crippen LogP contribution in [0.3, 0.4) is 0 Å². The van der Waals surface area contributed by atoms with Gasteiger partial charge < -0.3 is 10.5 Å². The van der Waals surface area contributed by atoms with E-state index in [1.54, 1.807) is 0 Å². The molecule has 0 aromatic rings. The lowest BCUT2D eigenvalue weighted by Gasteiger charge is -2.44. The summed E-state index contributed by atoms with van der Waals surface area (Å²) in [7, 11) is 0. The van der Waals surface area contributed by atoms with E-state index >= 15 is 0 Å². The standard InChI is InChI=1S/C16H32N2O/c1-16(2,3)14-4-8-18(9-5-14)15(12-17)13-6-10-19-11-7-13/h13-15H,4-12,17H2,1-3H3. The Kier molecular flexibility index (Phi) is 5.27. The van der Waals surface area contributed by atoms with Crippen LogP contribution < -0.4 is 5.73 Å². The summed E-state index contributed by atoms with van der Waals surface area (Å²) in [5, 5.41) is 0. The van der Waals surface area contributed by atoms with Crippen molar-refractivity contribution in [2.45, 2.75) is 52.5 Å². The number of hydrogen-bond acceptors (Lipinski definition) is 3. The Balaban J connectivity index is 1.87. The van der Waals surface area contributed by atoms with Crippen LogP contribution in [0.1, 0.15) is 46.5 Å². The molecule has 112 valence electrons. The highest BCUT2D eigenvalue weighted by Gasteiger charge is 2.34. The smallest absolute Gasteiger partial charge is 0.0469 e. The number of piperidine rings is 1. The van der Waals surface area contributed by atoms with Gasteiger partial charge in [-0.2, -0.15) is 0 Å². The second-order valence-corrected chi connectivity index (χ2v) is 7.43. The average Bonchev–Trinajstić information content (AvgIpc) is 2.40. The Bertz CT molecular complexity index is 260. The van der Waals surface area contributed by atoms with E-state index in [1.807, 2.05) is 0 Å². The van der Waals surface area contributed by atoms with Crippen LogP contribution in [0.4, 0.5) is 0 Å². The van der Waals surface area contributed by atoms with Gasteiger partial charge in [0.25, 0.3) is 0 Å². The van der Waals surface area contributed by atoms with Gasteiger partial charge in [-0.25, -0.2) is 0 Å². The summed E-state index contributed by atoms with van der Waals surface area (Å²) in [5.41, 5.74) is 6.53. The highest BCUT2D eigenvalue weighted by atomic mass is 16.5. The first-order chi connectivity index (χ1) is 9.02. The quantitative estimate of drug-likeness (QED) is 0.854. The Hall–Kier alpha value is -0.120. The van der Waals surface area contributed by atoms with Gasteiger partial charge in [-0.1, -0.05) is 20.8 Å². The van der Waals surface area contributed by atoms with Crippen molar-refractivity contribution in [3.8, 4) is 0 Å². The van der Waals surface area contributed by atoms with Crippen LogP contribution in [-0.4, -0.2) is 43.8 Å². The monoisotopic (exact) mass is 268 g/mol. The topological polar surface area (TPSA) is 38.5 Å². The lowest BCUT2D eigenvalue weighted by molar-refractivity contribution is 0.00971. The van der Waals surface area contributed by atoms with Crippen LogP contribution in [0.15, 0.2) is 0 Å². The molecule has 0 aliphatic carbocycles. The van der Waals surface area contributed by atoms with E-state index in [9.17, 15) is 0 Å². The Morgan fingerprint density at radius 1 is 1.11 bits per heavy atom. The number of hydrogen-bond donors (Lipinski definition) is 1. The van der Waals surface area contributed by atoms with Crippen molar-refractivity contribution in [3.63, 3.8) is 0 Å². The highest BCUT2D eigenvalue weighted by Crippen LogP contribution is 2.35. The van der Waals surface area contributed by atoms with Crippen molar-refractivity contribution in [2.24, 2.45) is 23.0 Å². The Labute approximate surface area is 118 Å². The minimum atomic E-state index is 0.461. The first-order valence-electron chi connectivity index (χ1n) is 8.04. The lowest BCUT2D eigenvalue weighted by atomic mass is 9.74. The highest BCUT2D eigenvalue weighted by molar-refractivity contribution is 4.87. The summed E-state index contributed by atoms with van der Waals surface area (Å²) in [6.07, 6.45) is 5.06. The van der Waals surface area contributed by atoms with Crippen LogP contribution in [-0.2, 0) is 4.74 Å². The van der Waals surface area contributed by atoms with Gasteiger partial charge in [-0.05, 0) is 56.0 Å². The summed E-state index contributed by atoms with van der Waals surface area (Å²) in [6.45, 7) is 12.3. The van der Waals surface area contributed by atoms with Gasteiger partial charge in [0, 0.05) is 25.8 Å². The molecule has 0 saturated carbocycles. The second kappa shape index (κ2) is 6.55. The molecule has 3 nitrogen and oxygen atoms in total. The van der Waals surface area contributed by atoms with Gasteiger partial charge in [0.05, 0.1) is 0 Å². The number of nitrogens with zero attached hydrogens (tertiary/aromatic N) is 1. The average molecular weight is 268 g/mol. The maximum atomic E-state index is 6.07. The molecule has 2 saturated heterocycles. The molecule has 2 aliphatic rings.